The molecule has 13 heteroatoms. The van der Waals surface area contributed by atoms with Crippen molar-refractivity contribution in [1.29, 1.82) is 0 Å². The average Bonchev–Trinajstić information content (AvgIpc) is 3.74. The molecule has 1 aromatic carbocycles. The zero-order valence-corrected chi connectivity index (χ0v) is 22.9. The van der Waals surface area contributed by atoms with Gasteiger partial charge in [0.15, 0.2) is 5.69 Å². The molecule has 1 amide bonds. The Balaban J connectivity index is 1.45. The SMILES string of the molecule is O=C(c1cc([N+](=O)[O-])c(N2CCOCC2)c([N+](=O)[O-])c1)N1N=C2C(=Cc3cccs3)CCCC2C1c1cccs1. The van der Waals surface area contributed by atoms with Crippen molar-refractivity contribution in [3.63, 3.8) is 0 Å². The minimum Gasteiger partial charge on any atom is -0.378 e. The molecule has 2 atom stereocenters. The molecule has 2 aliphatic heterocycles. The molecule has 0 bridgehead atoms. The third kappa shape index (κ3) is 4.80. The van der Waals surface area contributed by atoms with Gasteiger partial charge in [-0.15, -0.1) is 22.7 Å². The highest BCUT2D eigenvalue weighted by molar-refractivity contribution is 7.11. The zero-order valence-electron chi connectivity index (χ0n) is 21.3. The molecule has 2 unspecified atom stereocenters. The number of carbonyl (C=O) groups excluding carboxylic acids is 1. The molecular formula is C27H25N5O6S2. The maximum absolute atomic E-state index is 14.1. The number of benzene rings is 1. The number of fused-ring (bicyclic) bond motifs is 1. The second-order valence-electron chi connectivity index (χ2n) is 9.76. The maximum atomic E-state index is 14.1. The van der Waals surface area contributed by atoms with Gasteiger partial charge in [0.1, 0.15) is 0 Å². The lowest BCUT2D eigenvalue weighted by Gasteiger charge is -2.29. The molecule has 1 saturated carbocycles. The van der Waals surface area contributed by atoms with Crippen LogP contribution in [0.5, 0.6) is 0 Å². The molecule has 1 saturated heterocycles. The molecule has 11 nitrogen and oxygen atoms in total. The number of nitro benzene ring substituents is 2. The Labute approximate surface area is 237 Å². The van der Waals surface area contributed by atoms with Gasteiger partial charge in [-0.2, -0.15) is 5.10 Å². The summed E-state index contributed by atoms with van der Waals surface area (Å²) >= 11 is 3.14. The van der Waals surface area contributed by atoms with Crippen LogP contribution in [-0.4, -0.2) is 52.8 Å². The lowest BCUT2D eigenvalue weighted by molar-refractivity contribution is -0.392. The largest absolute Gasteiger partial charge is 0.378 e. The minimum absolute atomic E-state index is 0.0415. The van der Waals surface area contributed by atoms with Crippen LogP contribution in [0.1, 0.15) is 45.4 Å². The first-order chi connectivity index (χ1) is 19.4. The second kappa shape index (κ2) is 10.9. The number of nitrogens with zero attached hydrogens (tertiary/aromatic N) is 5. The number of anilines is 1. The topological polar surface area (TPSA) is 131 Å². The molecular weight excluding hydrogens is 554 g/mol. The summed E-state index contributed by atoms with van der Waals surface area (Å²) in [4.78, 5) is 40.7. The second-order valence-corrected chi connectivity index (χ2v) is 11.7. The number of morpholine rings is 1. The summed E-state index contributed by atoms with van der Waals surface area (Å²) < 4.78 is 5.33. The number of hydrogen-bond donors (Lipinski definition) is 0. The van der Waals surface area contributed by atoms with Gasteiger partial charge >= 0.3 is 0 Å². The van der Waals surface area contributed by atoms with Crippen molar-refractivity contribution >= 4 is 57.4 Å². The summed E-state index contributed by atoms with van der Waals surface area (Å²) in [5, 5.41) is 34.5. The van der Waals surface area contributed by atoms with Gasteiger partial charge in [0.05, 0.1) is 40.4 Å². The van der Waals surface area contributed by atoms with Gasteiger partial charge in [-0.05, 0) is 53.8 Å². The zero-order chi connectivity index (χ0) is 27.8. The number of hydrazone groups is 1. The molecule has 0 spiro atoms. The highest BCUT2D eigenvalue weighted by atomic mass is 32.1. The normalized spacial score (nSPS) is 21.8. The Morgan fingerprint density at radius 2 is 1.75 bits per heavy atom. The summed E-state index contributed by atoms with van der Waals surface area (Å²) in [6, 6.07) is 9.79. The van der Waals surface area contributed by atoms with Crippen LogP contribution < -0.4 is 4.90 Å². The molecule has 6 rings (SSSR count). The van der Waals surface area contributed by atoms with Crippen molar-refractivity contribution in [3.8, 4) is 0 Å². The van der Waals surface area contributed by atoms with Crippen molar-refractivity contribution in [2.24, 2.45) is 11.0 Å². The number of thiophene rings is 2. The molecule has 3 aromatic rings. The number of rotatable bonds is 6. The van der Waals surface area contributed by atoms with Gasteiger partial charge < -0.3 is 9.64 Å². The Morgan fingerprint density at radius 3 is 2.38 bits per heavy atom. The number of ether oxygens (including phenoxy) is 1. The van der Waals surface area contributed by atoms with Crippen LogP contribution in [-0.2, 0) is 4.74 Å². The van der Waals surface area contributed by atoms with E-state index in [4.69, 9.17) is 9.84 Å². The quantitative estimate of drug-likeness (QED) is 0.262. The van der Waals surface area contributed by atoms with E-state index < -0.39 is 33.2 Å². The first kappa shape index (κ1) is 26.3. The van der Waals surface area contributed by atoms with Gasteiger partial charge in [-0.3, -0.25) is 25.0 Å². The fourth-order valence-corrected chi connectivity index (χ4v) is 7.26. The van der Waals surface area contributed by atoms with Crippen LogP contribution in [0.25, 0.3) is 6.08 Å². The standard InChI is InChI=1S/C27H25N5O6S2/c33-27(18-15-21(31(34)35)26(22(16-18)32(36)37)29-8-10-38-11-9-29)30-25(23-7-3-13-40-23)20-6-1-4-17(24(20)28-30)14-19-5-2-12-39-19/h2-3,5,7,12-16,20,25H,1,4,6,8-11H2. The molecule has 2 fully saturated rings. The Bertz CT molecular complexity index is 1480. The van der Waals surface area contributed by atoms with Crippen molar-refractivity contribution in [3.05, 3.63) is 88.3 Å². The van der Waals surface area contributed by atoms with E-state index in [1.54, 1.807) is 16.2 Å². The first-order valence-corrected chi connectivity index (χ1v) is 14.7. The van der Waals surface area contributed by atoms with Gasteiger partial charge in [-0.1, -0.05) is 12.1 Å². The predicted molar refractivity (Wildman–Crippen MR) is 153 cm³/mol. The van der Waals surface area contributed by atoms with Crippen LogP contribution in [0, 0.1) is 26.1 Å². The highest BCUT2D eigenvalue weighted by Gasteiger charge is 2.45. The summed E-state index contributed by atoms with van der Waals surface area (Å²) in [6.07, 6.45) is 4.72. The summed E-state index contributed by atoms with van der Waals surface area (Å²) in [7, 11) is 0. The fourth-order valence-electron chi connectivity index (χ4n) is 5.70. The molecule has 1 aliphatic carbocycles. The Morgan fingerprint density at radius 1 is 1.05 bits per heavy atom. The van der Waals surface area contributed by atoms with Crippen LogP contribution in [0.3, 0.4) is 0 Å². The average molecular weight is 580 g/mol. The van der Waals surface area contributed by atoms with E-state index in [0.29, 0.717) is 13.2 Å². The Hall–Kier alpha value is -3.94. The van der Waals surface area contributed by atoms with Crippen molar-refractivity contribution in [2.45, 2.75) is 25.3 Å². The van der Waals surface area contributed by atoms with E-state index in [2.05, 4.69) is 6.08 Å². The number of hydrogen-bond acceptors (Lipinski definition) is 10. The van der Waals surface area contributed by atoms with Crippen LogP contribution in [0.15, 0.2) is 57.8 Å². The predicted octanol–water partition coefficient (Wildman–Crippen LogP) is 5.90. The first-order valence-electron chi connectivity index (χ1n) is 12.9. The van der Waals surface area contributed by atoms with E-state index >= 15 is 0 Å². The molecule has 4 heterocycles. The molecule has 0 N–H and O–H groups in total. The van der Waals surface area contributed by atoms with Crippen LogP contribution >= 0.6 is 22.7 Å². The Kier molecular flexibility index (Phi) is 7.17. The van der Waals surface area contributed by atoms with Gasteiger partial charge in [-0.25, -0.2) is 5.01 Å². The van der Waals surface area contributed by atoms with Crippen molar-refractivity contribution in [2.75, 3.05) is 31.2 Å². The fraction of sp³-hybridized carbons (Fsp3) is 0.333. The summed E-state index contributed by atoms with van der Waals surface area (Å²) in [5.74, 6) is -0.643. The number of carbonyl (C=O) groups is 1. The number of amides is 1. The monoisotopic (exact) mass is 579 g/mol. The maximum Gasteiger partial charge on any atom is 0.300 e. The van der Waals surface area contributed by atoms with Gasteiger partial charge in [0.2, 0.25) is 0 Å². The highest BCUT2D eigenvalue weighted by Crippen LogP contribution is 2.47. The van der Waals surface area contributed by atoms with E-state index in [1.165, 1.54) is 16.3 Å². The molecule has 0 radical (unpaired) electrons. The number of allylic oxidation sites excluding steroid dienone is 1. The summed E-state index contributed by atoms with van der Waals surface area (Å²) in [6.45, 7) is 1.14. The minimum atomic E-state index is -0.664. The van der Waals surface area contributed by atoms with E-state index in [9.17, 15) is 25.0 Å². The van der Waals surface area contributed by atoms with Crippen LogP contribution in [0.2, 0.25) is 0 Å². The molecule has 40 heavy (non-hydrogen) atoms. The van der Waals surface area contributed by atoms with Gasteiger partial charge in [0.25, 0.3) is 17.3 Å². The third-order valence-corrected chi connectivity index (χ3v) is 9.20. The molecule has 3 aliphatic rings. The lowest BCUT2D eigenvalue weighted by Crippen LogP contribution is -2.37. The van der Waals surface area contributed by atoms with E-state index in [-0.39, 0.29) is 30.3 Å². The summed E-state index contributed by atoms with van der Waals surface area (Å²) in [5.41, 5.74) is 0.704. The van der Waals surface area contributed by atoms with E-state index in [1.807, 2.05) is 35.0 Å². The smallest absolute Gasteiger partial charge is 0.300 e. The van der Waals surface area contributed by atoms with Crippen molar-refractivity contribution in [1.82, 2.24) is 5.01 Å². The van der Waals surface area contributed by atoms with Crippen LogP contribution in [0.4, 0.5) is 17.1 Å². The lowest BCUT2D eigenvalue weighted by atomic mass is 9.79. The third-order valence-electron chi connectivity index (χ3n) is 7.44. The molecule has 206 valence electrons. The van der Waals surface area contributed by atoms with Crippen molar-refractivity contribution < 1.29 is 19.4 Å². The number of nitro groups is 2. The molecule has 2 aromatic heterocycles. The van der Waals surface area contributed by atoms with E-state index in [0.717, 1.165) is 52.4 Å². The van der Waals surface area contributed by atoms with Gasteiger partial charge in [0, 0.05) is 40.9 Å².